The lowest BCUT2D eigenvalue weighted by Crippen LogP contribution is -2.53. The van der Waals surface area contributed by atoms with Gasteiger partial charge in [0.25, 0.3) is 0 Å². The van der Waals surface area contributed by atoms with Crippen molar-refractivity contribution in [2.45, 2.75) is 51.5 Å². The fraction of sp³-hybridized carbons (Fsp3) is 0.933. The lowest BCUT2D eigenvalue weighted by atomic mass is 9.81. The predicted octanol–water partition coefficient (Wildman–Crippen LogP) is 2.16. The fourth-order valence-corrected chi connectivity index (χ4v) is 3.46. The van der Waals surface area contributed by atoms with Gasteiger partial charge in [0.05, 0.1) is 0 Å². The van der Waals surface area contributed by atoms with Gasteiger partial charge in [-0.15, -0.1) is 0 Å². The maximum Gasteiger partial charge on any atom is 0.127 e. The van der Waals surface area contributed by atoms with Crippen molar-refractivity contribution in [2.75, 3.05) is 33.2 Å². The summed E-state index contributed by atoms with van der Waals surface area (Å²) in [5, 5.41) is 0. The summed E-state index contributed by atoms with van der Waals surface area (Å²) in [6, 6.07) is 0.619. The second-order valence-electron chi connectivity index (χ2n) is 6.46. The zero-order valence-electron chi connectivity index (χ0n) is 12.0. The molecule has 0 bridgehead atoms. The first kappa shape index (κ1) is 14.0. The van der Waals surface area contributed by atoms with E-state index < -0.39 is 0 Å². The first-order chi connectivity index (χ1) is 8.65. The molecule has 0 radical (unpaired) electrons. The van der Waals surface area contributed by atoms with Gasteiger partial charge in [0.2, 0.25) is 0 Å². The number of carbonyl (C=O) groups is 1. The molecule has 1 aliphatic heterocycles. The summed E-state index contributed by atoms with van der Waals surface area (Å²) in [7, 11) is 2.20. The summed E-state index contributed by atoms with van der Waals surface area (Å²) in [5.74, 6) is 0. The van der Waals surface area contributed by atoms with Gasteiger partial charge in [0.1, 0.15) is 6.29 Å². The quantitative estimate of drug-likeness (QED) is 0.568. The molecule has 2 fully saturated rings. The number of hydrogen-bond acceptors (Lipinski definition) is 3. The van der Waals surface area contributed by atoms with Crippen molar-refractivity contribution in [3.8, 4) is 0 Å². The first-order valence-electron chi connectivity index (χ1n) is 7.54. The zero-order valence-corrected chi connectivity index (χ0v) is 12.0. The molecule has 0 amide bonds. The molecule has 1 saturated carbocycles. The highest BCUT2D eigenvalue weighted by Crippen LogP contribution is 2.34. The maximum atomic E-state index is 11.6. The molecule has 104 valence electrons. The largest absolute Gasteiger partial charge is 0.303 e. The molecule has 0 aromatic carbocycles. The van der Waals surface area contributed by atoms with E-state index in [1.54, 1.807) is 0 Å². The Kier molecular flexibility index (Phi) is 4.79. The Labute approximate surface area is 112 Å². The second kappa shape index (κ2) is 6.16. The van der Waals surface area contributed by atoms with Crippen LogP contribution in [0.5, 0.6) is 0 Å². The zero-order chi connectivity index (χ0) is 13.0. The van der Waals surface area contributed by atoms with E-state index in [-0.39, 0.29) is 5.41 Å². The molecule has 1 aliphatic carbocycles. The minimum atomic E-state index is -0.0356. The summed E-state index contributed by atoms with van der Waals surface area (Å²) in [5.41, 5.74) is -0.0356. The van der Waals surface area contributed by atoms with E-state index in [1.165, 1.54) is 32.0 Å². The van der Waals surface area contributed by atoms with E-state index in [0.717, 1.165) is 39.0 Å². The Morgan fingerprint density at radius 1 is 1.17 bits per heavy atom. The smallest absolute Gasteiger partial charge is 0.127 e. The standard InChI is InChI=1S/C15H28N2O/c1-14-11-17(10-9-16(14)2)12-15(13-18)7-5-3-4-6-8-15/h13-14H,3-12H2,1-2H3. The third kappa shape index (κ3) is 3.33. The van der Waals surface area contributed by atoms with Gasteiger partial charge in [-0.3, -0.25) is 4.90 Å². The van der Waals surface area contributed by atoms with Crippen molar-refractivity contribution in [1.29, 1.82) is 0 Å². The molecule has 1 unspecified atom stereocenters. The van der Waals surface area contributed by atoms with Crippen LogP contribution in [0.2, 0.25) is 0 Å². The second-order valence-corrected chi connectivity index (χ2v) is 6.46. The van der Waals surface area contributed by atoms with Gasteiger partial charge in [0, 0.05) is 37.6 Å². The van der Waals surface area contributed by atoms with Gasteiger partial charge in [-0.1, -0.05) is 25.7 Å². The molecule has 1 atom stereocenters. The molecule has 1 saturated heterocycles. The Balaban J connectivity index is 1.95. The van der Waals surface area contributed by atoms with Gasteiger partial charge in [-0.2, -0.15) is 0 Å². The van der Waals surface area contributed by atoms with Crippen molar-refractivity contribution < 1.29 is 4.79 Å². The number of carbonyl (C=O) groups excluding carboxylic acids is 1. The molecule has 2 aliphatic rings. The van der Waals surface area contributed by atoms with Crippen LogP contribution in [-0.4, -0.2) is 55.4 Å². The van der Waals surface area contributed by atoms with Crippen molar-refractivity contribution in [3.63, 3.8) is 0 Å². The van der Waals surface area contributed by atoms with Gasteiger partial charge >= 0.3 is 0 Å². The van der Waals surface area contributed by atoms with Crippen molar-refractivity contribution in [3.05, 3.63) is 0 Å². The van der Waals surface area contributed by atoms with E-state index in [2.05, 4.69) is 23.8 Å². The van der Waals surface area contributed by atoms with E-state index in [4.69, 9.17) is 0 Å². The summed E-state index contributed by atoms with van der Waals surface area (Å²) < 4.78 is 0. The van der Waals surface area contributed by atoms with Crippen LogP contribution in [0.15, 0.2) is 0 Å². The normalized spacial score (nSPS) is 30.9. The monoisotopic (exact) mass is 252 g/mol. The van der Waals surface area contributed by atoms with Gasteiger partial charge < -0.3 is 9.69 Å². The lowest BCUT2D eigenvalue weighted by molar-refractivity contribution is -0.118. The summed E-state index contributed by atoms with van der Waals surface area (Å²) in [4.78, 5) is 16.5. The number of hydrogen-bond donors (Lipinski definition) is 0. The Morgan fingerprint density at radius 3 is 2.39 bits per heavy atom. The molecule has 1 heterocycles. The molecule has 0 spiro atoms. The average molecular weight is 252 g/mol. The topological polar surface area (TPSA) is 23.6 Å². The number of rotatable bonds is 3. The minimum absolute atomic E-state index is 0.0356. The number of aldehydes is 1. The van der Waals surface area contributed by atoms with Crippen molar-refractivity contribution in [2.24, 2.45) is 5.41 Å². The van der Waals surface area contributed by atoms with Crippen molar-refractivity contribution >= 4 is 6.29 Å². The lowest BCUT2D eigenvalue weighted by Gasteiger charge is -2.41. The third-order valence-electron chi connectivity index (χ3n) is 4.93. The highest BCUT2D eigenvalue weighted by molar-refractivity contribution is 5.59. The van der Waals surface area contributed by atoms with Gasteiger partial charge in [-0.25, -0.2) is 0 Å². The van der Waals surface area contributed by atoms with Crippen LogP contribution in [0.3, 0.4) is 0 Å². The molecular formula is C15H28N2O. The SMILES string of the molecule is CC1CN(CC2(C=O)CCCCCC2)CCN1C. The summed E-state index contributed by atoms with van der Waals surface area (Å²) in [6.07, 6.45) is 8.60. The van der Waals surface area contributed by atoms with Crippen molar-refractivity contribution in [1.82, 2.24) is 9.80 Å². The fourth-order valence-electron chi connectivity index (χ4n) is 3.46. The molecule has 2 rings (SSSR count). The van der Waals surface area contributed by atoms with Crippen LogP contribution in [0.4, 0.5) is 0 Å². The Hall–Kier alpha value is -0.410. The molecule has 3 heteroatoms. The highest BCUT2D eigenvalue weighted by atomic mass is 16.1. The third-order valence-corrected chi connectivity index (χ3v) is 4.93. The number of piperazine rings is 1. The molecule has 3 nitrogen and oxygen atoms in total. The molecular weight excluding hydrogens is 224 g/mol. The minimum Gasteiger partial charge on any atom is -0.303 e. The summed E-state index contributed by atoms with van der Waals surface area (Å²) in [6.45, 7) is 6.65. The van der Waals surface area contributed by atoms with E-state index in [0.29, 0.717) is 6.04 Å². The van der Waals surface area contributed by atoms with E-state index >= 15 is 0 Å². The Bertz CT molecular complexity index is 272. The van der Waals surface area contributed by atoms with E-state index in [1.807, 2.05) is 0 Å². The highest BCUT2D eigenvalue weighted by Gasteiger charge is 2.34. The van der Waals surface area contributed by atoms with Crippen LogP contribution < -0.4 is 0 Å². The van der Waals surface area contributed by atoms with Crippen LogP contribution in [0.25, 0.3) is 0 Å². The average Bonchev–Trinajstić information content (AvgIpc) is 2.60. The maximum absolute atomic E-state index is 11.6. The van der Waals surface area contributed by atoms with Gasteiger partial charge in [-0.05, 0) is 26.8 Å². The first-order valence-corrected chi connectivity index (χ1v) is 7.54. The van der Waals surface area contributed by atoms with Crippen LogP contribution in [0.1, 0.15) is 45.4 Å². The number of nitrogens with zero attached hydrogens (tertiary/aromatic N) is 2. The molecule has 18 heavy (non-hydrogen) atoms. The predicted molar refractivity (Wildman–Crippen MR) is 74.7 cm³/mol. The van der Waals surface area contributed by atoms with Gasteiger partial charge in [0.15, 0.2) is 0 Å². The summed E-state index contributed by atoms with van der Waals surface area (Å²) >= 11 is 0. The van der Waals surface area contributed by atoms with E-state index in [9.17, 15) is 4.79 Å². The van der Waals surface area contributed by atoms with Crippen LogP contribution in [-0.2, 0) is 4.79 Å². The van der Waals surface area contributed by atoms with Crippen LogP contribution >= 0.6 is 0 Å². The molecule has 0 aromatic rings. The molecule has 0 N–H and O–H groups in total. The Morgan fingerprint density at radius 2 is 1.83 bits per heavy atom. The number of likely N-dealkylation sites (N-methyl/N-ethyl adjacent to an activating group) is 1. The van der Waals surface area contributed by atoms with Crippen LogP contribution in [0, 0.1) is 5.41 Å². The molecule has 0 aromatic heterocycles.